The highest BCUT2D eigenvalue weighted by atomic mass is 35.5. The van der Waals surface area contributed by atoms with E-state index >= 15 is 0 Å². The van der Waals surface area contributed by atoms with Crippen molar-refractivity contribution in [1.29, 1.82) is 0 Å². The summed E-state index contributed by atoms with van der Waals surface area (Å²) >= 11 is 5.88. The number of halogens is 1. The number of hydrogen-bond acceptors (Lipinski definition) is 1. The van der Waals surface area contributed by atoms with Crippen LogP contribution in [-0.2, 0) is 4.79 Å². The lowest BCUT2D eigenvalue weighted by Gasteiger charge is -2.36. The van der Waals surface area contributed by atoms with Gasteiger partial charge in [-0.15, -0.1) is 11.6 Å². The summed E-state index contributed by atoms with van der Waals surface area (Å²) < 4.78 is 0. The minimum absolute atomic E-state index is 0.392. The van der Waals surface area contributed by atoms with Crippen LogP contribution in [0.15, 0.2) is 0 Å². The Balaban J connectivity index is 1.63. The molecule has 0 aromatic rings. The van der Waals surface area contributed by atoms with Crippen molar-refractivity contribution in [3.63, 3.8) is 0 Å². The van der Waals surface area contributed by atoms with Crippen molar-refractivity contribution in [2.45, 2.75) is 57.4 Å². The predicted molar refractivity (Wildman–Crippen MR) is 73.6 cm³/mol. The largest absolute Gasteiger partial charge is 0.339 e. The van der Waals surface area contributed by atoms with E-state index in [1.807, 2.05) is 0 Å². The van der Waals surface area contributed by atoms with Gasteiger partial charge in [0, 0.05) is 24.4 Å². The summed E-state index contributed by atoms with van der Waals surface area (Å²) in [5.41, 5.74) is 0. The molecule has 0 aromatic heterocycles. The van der Waals surface area contributed by atoms with Crippen molar-refractivity contribution < 1.29 is 4.79 Å². The molecule has 0 bridgehead atoms. The van der Waals surface area contributed by atoms with Crippen LogP contribution in [0.5, 0.6) is 0 Å². The molecule has 1 aliphatic heterocycles. The molecule has 0 radical (unpaired) electrons. The van der Waals surface area contributed by atoms with Gasteiger partial charge < -0.3 is 4.90 Å². The summed E-state index contributed by atoms with van der Waals surface area (Å²) in [7, 11) is 0. The predicted octanol–water partition coefficient (Wildman–Crippen LogP) is 3.43. The molecule has 2 aliphatic carbocycles. The highest BCUT2D eigenvalue weighted by Crippen LogP contribution is 2.56. The molecule has 0 spiro atoms. The molecule has 3 fully saturated rings. The molecule has 2 nitrogen and oxygen atoms in total. The molecule has 3 unspecified atom stereocenters. The van der Waals surface area contributed by atoms with Gasteiger partial charge in [0.2, 0.25) is 5.91 Å². The molecule has 1 amide bonds. The Hall–Kier alpha value is -0.240. The topological polar surface area (TPSA) is 20.3 Å². The lowest BCUT2D eigenvalue weighted by Crippen LogP contribution is -2.45. The van der Waals surface area contributed by atoms with Crippen LogP contribution >= 0.6 is 11.6 Å². The van der Waals surface area contributed by atoms with Crippen LogP contribution in [0.3, 0.4) is 0 Å². The fourth-order valence-corrected chi connectivity index (χ4v) is 4.52. The van der Waals surface area contributed by atoms with Crippen LogP contribution in [0.4, 0.5) is 0 Å². The highest BCUT2D eigenvalue weighted by Gasteiger charge is 2.56. The standard InChI is InChI=1S/C15H24ClNO/c16-9-8-11-5-3-4-10-17(11)15(18)14-12-6-1-2-7-13(12)14/h11-14H,1-10H2. The number of nitrogens with zero attached hydrogens (tertiary/aromatic N) is 1. The number of alkyl halides is 1. The highest BCUT2D eigenvalue weighted by molar-refractivity contribution is 6.17. The van der Waals surface area contributed by atoms with Crippen LogP contribution in [0.25, 0.3) is 0 Å². The van der Waals surface area contributed by atoms with Crippen molar-refractivity contribution in [1.82, 2.24) is 4.90 Å². The molecule has 1 heterocycles. The van der Waals surface area contributed by atoms with Gasteiger partial charge in [0.1, 0.15) is 0 Å². The van der Waals surface area contributed by atoms with Gasteiger partial charge in [0.25, 0.3) is 0 Å². The number of amides is 1. The van der Waals surface area contributed by atoms with E-state index in [1.165, 1.54) is 44.9 Å². The molecule has 2 saturated carbocycles. The van der Waals surface area contributed by atoms with E-state index < -0.39 is 0 Å². The van der Waals surface area contributed by atoms with E-state index in [2.05, 4.69) is 4.90 Å². The second-order valence-corrected chi connectivity index (χ2v) is 6.67. The van der Waals surface area contributed by atoms with Crippen molar-refractivity contribution in [3.05, 3.63) is 0 Å². The first-order chi connectivity index (χ1) is 8.83. The minimum atomic E-state index is 0.392. The van der Waals surface area contributed by atoms with Gasteiger partial charge in [-0.3, -0.25) is 4.79 Å². The Labute approximate surface area is 115 Å². The van der Waals surface area contributed by atoms with Crippen LogP contribution in [0, 0.1) is 17.8 Å². The quantitative estimate of drug-likeness (QED) is 0.719. The van der Waals surface area contributed by atoms with Crippen LogP contribution < -0.4 is 0 Å². The summed E-state index contributed by atoms with van der Waals surface area (Å²) in [4.78, 5) is 14.9. The maximum absolute atomic E-state index is 12.7. The number of piperidine rings is 1. The minimum Gasteiger partial charge on any atom is -0.339 e. The number of likely N-dealkylation sites (tertiary alicyclic amines) is 1. The molecular weight excluding hydrogens is 246 g/mol. The molecule has 18 heavy (non-hydrogen) atoms. The summed E-state index contributed by atoms with van der Waals surface area (Å²) in [6.07, 6.45) is 9.89. The van der Waals surface area contributed by atoms with Gasteiger partial charge in [-0.1, -0.05) is 12.8 Å². The normalized spacial score (nSPS) is 39.3. The molecule has 0 aromatic carbocycles. The first kappa shape index (κ1) is 12.8. The number of fused-ring (bicyclic) bond motifs is 1. The fourth-order valence-electron chi connectivity index (χ4n) is 4.27. The number of hydrogen-bond donors (Lipinski definition) is 0. The number of rotatable bonds is 3. The number of carbonyl (C=O) groups is 1. The zero-order valence-electron chi connectivity index (χ0n) is 11.1. The second kappa shape index (κ2) is 5.40. The Morgan fingerprint density at radius 2 is 1.72 bits per heavy atom. The Bertz CT molecular complexity index is 306. The molecule has 1 saturated heterocycles. The van der Waals surface area contributed by atoms with E-state index in [0.29, 0.717) is 23.7 Å². The SMILES string of the molecule is O=C(C1C2CCCCC21)N1CCCCC1CCCl. The van der Waals surface area contributed by atoms with Crippen molar-refractivity contribution >= 4 is 17.5 Å². The van der Waals surface area contributed by atoms with Gasteiger partial charge in [0.15, 0.2) is 0 Å². The smallest absolute Gasteiger partial charge is 0.226 e. The fraction of sp³-hybridized carbons (Fsp3) is 0.933. The third kappa shape index (κ3) is 2.29. The third-order valence-electron chi connectivity index (χ3n) is 5.29. The monoisotopic (exact) mass is 269 g/mol. The molecule has 0 N–H and O–H groups in total. The maximum atomic E-state index is 12.7. The summed E-state index contributed by atoms with van der Waals surface area (Å²) in [6.45, 7) is 0.982. The average molecular weight is 270 g/mol. The van der Waals surface area contributed by atoms with E-state index in [4.69, 9.17) is 11.6 Å². The second-order valence-electron chi connectivity index (χ2n) is 6.30. The average Bonchev–Trinajstić information content (AvgIpc) is 3.13. The van der Waals surface area contributed by atoms with Crippen LogP contribution in [0.2, 0.25) is 0 Å². The van der Waals surface area contributed by atoms with Crippen LogP contribution in [0.1, 0.15) is 51.4 Å². The van der Waals surface area contributed by atoms with Gasteiger partial charge in [-0.25, -0.2) is 0 Å². The van der Waals surface area contributed by atoms with Crippen LogP contribution in [-0.4, -0.2) is 29.3 Å². The number of carbonyl (C=O) groups excluding carboxylic acids is 1. The Kier molecular flexibility index (Phi) is 3.83. The molecule has 3 aliphatic rings. The van der Waals surface area contributed by atoms with E-state index in [9.17, 15) is 4.79 Å². The van der Waals surface area contributed by atoms with E-state index in [1.54, 1.807) is 0 Å². The first-order valence-electron chi connectivity index (χ1n) is 7.69. The molecule has 3 rings (SSSR count). The van der Waals surface area contributed by atoms with Crippen molar-refractivity contribution in [2.75, 3.05) is 12.4 Å². The Morgan fingerprint density at radius 1 is 1.06 bits per heavy atom. The lowest BCUT2D eigenvalue weighted by molar-refractivity contribution is -0.137. The molecule has 3 atom stereocenters. The maximum Gasteiger partial charge on any atom is 0.226 e. The third-order valence-corrected chi connectivity index (χ3v) is 5.51. The van der Waals surface area contributed by atoms with Gasteiger partial charge in [-0.05, 0) is 50.4 Å². The zero-order chi connectivity index (χ0) is 12.5. The van der Waals surface area contributed by atoms with E-state index in [0.717, 1.165) is 24.8 Å². The van der Waals surface area contributed by atoms with E-state index in [-0.39, 0.29) is 0 Å². The molecule has 3 heteroatoms. The van der Waals surface area contributed by atoms with Crippen molar-refractivity contribution in [3.8, 4) is 0 Å². The summed E-state index contributed by atoms with van der Waals surface area (Å²) in [6, 6.07) is 0.436. The lowest BCUT2D eigenvalue weighted by atomic mass is 9.99. The summed E-state index contributed by atoms with van der Waals surface area (Å²) in [5.74, 6) is 3.03. The summed E-state index contributed by atoms with van der Waals surface area (Å²) in [5, 5.41) is 0. The van der Waals surface area contributed by atoms with Gasteiger partial charge in [0.05, 0.1) is 0 Å². The van der Waals surface area contributed by atoms with Crippen molar-refractivity contribution in [2.24, 2.45) is 17.8 Å². The van der Waals surface area contributed by atoms with Gasteiger partial charge in [-0.2, -0.15) is 0 Å². The zero-order valence-corrected chi connectivity index (χ0v) is 11.9. The first-order valence-corrected chi connectivity index (χ1v) is 8.23. The molecule has 102 valence electrons. The van der Waals surface area contributed by atoms with Gasteiger partial charge >= 0.3 is 0 Å². The Morgan fingerprint density at radius 3 is 2.39 bits per heavy atom. The molecular formula is C15H24ClNO.